The maximum Gasteiger partial charge on any atom is 0.419 e. The van der Waals surface area contributed by atoms with E-state index in [1.165, 1.54) is 6.07 Å². The molecule has 0 unspecified atom stereocenters. The van der Waals surface area contributed by atoms with Crippen molar-refractivity contribution >= 4 is 42.1 Å². The molecule has 282 valence electrons. The highest BCUT2D eigenvalue weighted by molar-refractivity contribution is 6.74. The number of carbonyl (C=O) groups is 1. The summed E-state index contributed by atoms with van der Waals surface area (Å²) in [5.41, 5.74) is 6.47. The molecule has 11 nitrogen and oxygen atoms in total. The number of nitrogens with one attached hydrogen (secondary N) is 3. The maximum atomic E-state index is 12.9. The summed E-state index contributed by atoms with van der Waals surface area (Å²) in [6.45, 7) is 12.6. The average molecular weight is 749 g/mol. The van der Waals surface area contributed by atoms with Crippen molar-refractivity contribution in [3.63, 3.8) is 0 Å². The van der Waals surface area contributed by atoms with Crippen molar-refractivity contribution < 1.29 is 23.9 Å². The largest absolute Gasteiger partial charge is 0.506 e. The number of carboxylic acid groups (broad SMARTS) is 1. The van der Waals surface area contributed by atoms with E-state index in [9.17, 15) is 24.6 Å². The molecule has 0 radical (unpaired) electrons. The fourth-order valence-corrected chi connectivity index (χ4v) is 7.78. The highest BCUT2D eigenvalue weighted by Gasteiger charge is 2.39. The molecule has 1 atom stereocenters. The van der Waals surface area contributed by atoms with Crippen molar-refractivity contribution in [3.05, 3.63) is 129 Å². The highest BCUT2D eigenvalue weighted by atomic mass is 28.4. The monoisotopic (exact) mass is 748 g/mol. The zero-order valence-corrected chi connectivity index (χ0v) is 32.4. The van der Waals surface area contributed by atoms with Crippen LogP contribution in [0.3, 0.4) is 0 Å². The van der Waals surface area contributed by atoms with Gasteiger partial charge in [-0.05, 0) is 96.5 Å². The van der Waals surface area contributed by atoms with Crippen LogP contribution in [0.2, 0.25) is 18.1 Å². The summed E-state index contributed by atoms with van der Waals surface area (Å²) in [4.78, 5) is 39.3. The van der Waals surface area contributed by atoms with Crippen molar-refractivity contribution in [3.8, 4) is 16.9 Å². The molecule has 0 saturated carbocycles. The van der Waals surface area contributed by atoms with Crippen molar-refractivity contribution in [1.82, 2.24) is 14.9 Å². The lowest BCUT2D eigenvalue weighted by atomic mass is 9.99. The maximum absolute atomic E-state index is 12.9. The van der Waals surface area contributed by atoms with Gasteiger partial charge in [0, 0.05) is 30.1 Å². The van der Waals surface area contributed by atoms with Crippen LogP contribution in [-0.2, 0) is 23.8 Å². The van der Waals surface area contributed by atoms with Crippen molar-refractivity contribution in [1.29, 1.82) is 0 Å². The minimum atomic E-state index is -2.22. The third kappa shape index (κ3) is 8.68. The molecule has 12 heteroatoms. The van der Waals surface area contributed by atoms with E-state index in [1.807, 2.05) is 72.8 Å². The molecule has 0 aliphatic heterocycles. The second-order valence-electron chi connectivity index (χ2n) is 15.2. The second-order valence-corrected chi connectivity index (χ2v) is 20.0. The molecule has 1 amide bonds. The third-order valence-electron chi connectivity index (χ3n) is 10.4. The predicted octanol–water partition coefficient (Wildman–Crippen LogP) is 8.43. The van der Waals surface area contributed by atoms with E-state index in [0.717, 1.165) is 38.7 Å². The topological polar surface area (TPSA) is 159 Å². The van der Waals surface area contributed by atoms with E-state index in [0.29, 0.717) is 55.7 Å². The molecule has 6 aromatic rings. The molecule has 54 heavy (non-hydrogen) atoms. The Balaban J connectivity index is 1.11. The number of aromatic amines is 1. The Morgan fingerprint density at radius 1 is 0.944 bits per heavy atom. The van der Waals surface area contributed by atoms with Gasteiger partial charge in [-0.2, -0.15) is 0 Å². The molecule has 2 heterocycles. The summed E-state index contributed by atoms with van der Waals surface area (Å²) in [5, 5.41) is 26.7. The van der Waals surface area contributed by atoms with Crippen LogP contribution in [0.1, 0.15) is 50.0 Å². The van der Waals surface area contributed by atoms with E-state index in [-0.39, 0.29) is 22.5 Å². The Hall–Kier alpha value is -5.43. The Bertz CT molecular complexity index is 2390. The smallest absolute Gasteiger partial charge is 0.419 e. The number of nitrogens with zero attached hydrogens (tertiary/aromatic N) is 1. The lowest BCUT2D eigenvalue weighted by molar-refractivity contribution is 0.182. The van der Waals surface area contributed by atoms with Gasteiger partial charge in [0.2, 0.25) is 5.56 Å². The first kappa shape index (κ1) is 38.3. The predicted molar refractivity (Wildman–Crippen MR) is 216 cm³/mol. The number of phenolic OH excluding ortho intramolecular Hbond substituents is 1. The SMILES string of the molecule is CC(C)(C)[Si](C)(C)O[C@H](CNCCc1ccc2c(c1)oc(=O)n2CCCc1ccc(-c2ccccc2)c(NC(=O)O)c1)c1ccc(O)c2[nH]c(=O)ccc12. The van der Waals surface area contributed by atoms with Gasteiger partial charge < -0.3 is 29.4 Å². The Morgan fingerprint density at radius 3 is 2.43 bits per heavy atom. The number of aryl methyl sites for hydroxylation is 2. The number of H-pyrrole nitrogens is 1. The number of aromatic nitrogens is 2. The minimum absolute atomic E-state index is 0.0132. The molecule has 0 spiro atoms. The van der Waals surface area contributed by atoms with Crippen molar-refractivity contribution in [2.75, 3.05) is 18.4 Å². The molecular weight excluding hydrogens is 701 g/mol. The second kappa shape index (κ2) is 15.9. The van der Waals surface area contributed by atoms with Gasteiger partial charge in [-0.25, -0.2) is 9.59 Å². The zero-order valence-electron chi connectivity index (χ0n) is 31.4. The molecule has 0 fully saturated rings. The van der Waals surface area contributed by atoms with Gasteiger partial charge in [0.05, 0.1) is 22.8 Å². The van der Waals surface area contributed by atoms with Crippen LogP contribution in [0.25, 0.3) is 33.1 Å². The van der Waals surface area contributed by atoms with Gasteiger partial charge in [0.15, 0.2) is 13.9 Å². The Kier molecular flexibility index (Phi) is 11.3. The number of phenols is 1. The molecular formula is C42H48N4O7Si. The molecule has 2 aromatic heterocycles. The quantitative estimate of drug-likeness (QED) is 0.0549. The number of oxazole rings is 1. The molecule has 0 aliphatic rings. The number of aromatic hydroxyl groups is 1. The lowest BCUT2D eigenvalue weighted by Crippen LogP contribution is -2.43. The Labute approximate surface area is 314 Å². The van der Waals surface area contributed by atoms with Crippen molar-refractivity contribution in [2.24, 2.45) is 0 Å². The number of rotatable bonds is 14. The van der Waals surface area contributed by atoms with Crippen LogP contribution in [0, 0.1) is 0 Å². The van der Waals surface area contributed by atoms with E-state index < -0.39 is 20.2 Å². The summed E-state index contributed by atoms with van der Waals surface area (Å²) >= 11 is 0. The lowest BCUT2D eigenvalue weighted by Gasteiger charge is -2.39. The van der Waals surface area contributed by atoms with Crippen LogP contribution >= 0.6 is 0 Å². The molecule has 0 aliphatic carbocycles. The standard InChI is InChI=1S/C42H48N4O7Si/c1-42(2,3)54(4,5)53-37(31-16-19-35(47)39-32(31)17-20-38(48)45-39)26-43-22-21-28-14-18-34-36(25-28)52-41(51)46(34)23-9-10-27-13-15-30(29-11-7-6-8-12-29)33(24-27)44-40(49)50/h6-8,11-20,24-25,37,43-44,47H,9-10,21-23,26H2,1-5H3,(H,45,48)(H,49,50)/t37-/m1/s1. The summed E-state index contributed by atoms with van der Waals surface area (Å²) in [7, 11) is -2.22. The van der Waals surface area contributed by atoms with Gasteiger partial charge in [0.1, 0.15) is 5.75 Å². The third-order valence-corrected chi connectivity index (χ3v) is 14.9. The number of benzene rings is 4. The summed E-state index contributed by atoms with van der Waals surface area (Å²) < 4.78 is 14.2. The first-order valence-electron chi connectivity index (χ1n) is 18.2. The first-order chi connectivity index (χ1) is 25.7. The van der Waals surface area contributed by atoms with Gasteiger partial charge in [0.25, 0.3) is 0 Å². The van der Waals surface area contributed by atoms with Gasteiger partial charge in [-0.1, -0.05) is 75.4 Å². The average Bonchev–Trinajstić information content (AvgIpc) is 3.43. The van der Waals surface area contributed by atoms with E-state index >= 15 is 0 Å². The van der Waals surface area contributed by atoms with Gasteiger partial charge >= 0.3 is 11.8 Å². The van der Waals surface area contributed by atoms with Crippen LogP contribution in [-0.4, -0.2) is 47.3 Å². The highest BCUT2D eigenvalue weighted by Crippen LogP contribution is 2.41. The van der Waals surface area contributed by atoms with Crippen LogP contribution in [0.5, 0.6) is 5.75 Å². The van der Waals surface area contributed by atoms with Crippen molar-refractivity contribution in [2.45, 2.75) is 70.8 Å². The van der Waals surface area contributed by atoms with Crippen LogP contribution < -0.4 is 21.9 Å². The van der Waals surface area contributed by atoms with E-state index in [1.54, 1.807) is 16.7 Å². The number of hydrogen-bond acceptors (Lipinski definition) is 7. The molecule has 4 aromatic carbocycles. The fraction of sp³-hybridized carbons (Fsp3) is 0.310. The number of hydrogen-bond donors (Lipinski definition) is 5. The number of pyridine rings is 1. The first-order valence-corrected chi connectivity index (χ1v) is 21.1. The Morgan fingerprint density at radius 2 is 1.69 bits per heavy atom. The minimum Gasteiger partial charge on any atom is -0.506 e. The number of amides is 1. The summed E-state index contributed by atoms with van der Waals surface area (Å²) in [6, 6.07) is 27.9. The van der Waals surface area contributed by atoms with Gasteiger partial charge in [-0.15, -0.1) is 0 Å². The van der Waals surface area contributed by atoms with Gasteiger partial charge in [-0.3, -0.25) is 14.7 Å². The normalized spacial score (nSPS) is 12.7. The van der Waals surface area contributed by atoms with E-state index in [4.69, 9.17) is 8.84 Å². The summed E-state index contributed by atoms with van der Waals surface area (Å²) in [5.74, 6) is -0.402. The van der Waals surface area contributed by atoms with Crippen LogP contribution in [0.15, 0.2) is 105 Å². The van der Waals surface area contributed by atoms with Crippen LogP contribution in [0.4, 0.5) is 10.5 Å². The molecule has 0 saturated heterocycles. The molecule has 6 rings (SSSR count). The molecule has 5 N–H and O–H groups in total. The number of fused-ring (bicyclic) bond motifs is 2. The van der Waals surface area contributed by atoms with E-state index in [2.05, 4.69) is 49.5 Å². The molecule has 0 bridgehead atoms. The fourth-order valence-electron chi connectivity index (χ4n) is 6.51. The number of anilines is 1. The summed E-state index contributed by atoms with van der Waals surface area (Å²) in [6.07, 6.45) is 0.536. The zero-order chi connectivity index (χ0) is 38.6.